The largest absolute Gasteiger partial charge is 0.496 e. The lowest BCUT2D eigenvalue weighted by molar-refractivity contribution is -0.0265. The molecule has 6 heteroatoms. The van der Waals surface area contributed by atoms with E-state index in [0.717, 1.165) is 11.5 Å². The van der Waals surface area contributed by atoms with Crippen molar-refractivity contribution in [3.8, 4) is 5.75 Å². The van der Waals surface area contributed by atoms with Crippen LogP contribution in [-0.4, -0.2) is 47.6 Å². The molecule has 1 aromatic carbocycles. The second-order valence-corrected chi connectivity index (χ2v) is 5.26. The first-order valence-corrected chi connectivity index (χ1v) is 7.24. The number of carbonyl (C=O) groups is 1. The first-order valence-electron chi connectivity index (χ1n) is 7.24. The summed E-state index contributed by atoms with van der Waals surface area (Å²) in [4.78, 5) is 22.0. The van der Waals surface area contributed by atoms with Crippen molar-refractivity contribution in [1.29, 1.82) is 0 Å². The fourth-order valence-corrected chi connectivity index (χ4v) is 2.59. The van der Waals surface area contributed by atoms with Crippen LogP contribution in [0.25, 0.3) is 0 Å². The molecular formula is C16H19N3O3. The monoisotopic (exact) mass is 301 g/mol. The summed E-state index contributed by atoms with van der Waals surface area (Å²) in [5.41, 5.74) is 1.55. The molecule has 6 nitrogen and oxygen atoms in total. The zero-order valence-corrected chi connectivity index (χ0v) is 12.7. The minimum absolute atomic E-state index is 0.0472. The SMILES string of the molecule is COc1ccccc1C(=O)N1CCO[C@H](c2ncc(C)[nH]2)C1. The lowest BCUT2D eigenvalue weighted by atomic mass is 10.1. The van der Waals surface area contributed by atoms with Gasteiger partial charge in [0.15, 0.2) is 0 Å². The van der Waals surface area contributed by atoms with Crippen LogP contribution in [0.5, 0.6) is 5.75 Å². The summed E-state index contributed by atoms with van der Waals surface area (Å²) < 4.78 is 11.0. The van der Waals surface area contributed by atoms with Crippen LogP contribution >= 0.6 is 0 Å². The first-order chi connectivity index (χ1) is 10.7. The summed E-state index contributed by atoms with van der Waals surface area (Å²) in [7, 11) is 1.57. The summed E-state index contributed by atoms with van der Waals surface area (Å²) in [5.74, 6) is 1.30. The Hall–Kier alpha value is -2.34. The molecule has 1 atom stereocenters. The van der Waals surface area contributed by atoms with E-state index in [9.17, 15) is 4.79 Å². The van der Waals surface area contributed by atoms with E-state index in [4.69, 9.17) is 9.47 Å². The highest BCUT2D eigenvalue weighted by atomic mass is 16.5. The molecule has 1 amide bonds. The van der Waals surface area contributed by atoms with Crippen LogP contribution < -0.4 is 4.74 Å². The van der Waals surface area contributed by atoms with Gasteiger partial charge in [-0.05, 0) is 19.1 Å². The number of hydrogen-bond donors (Lipinski definition) is 1. The molecule has 2 aromatic rings. The second kappa shape index (κ2) is 6.19. The summed E-state index contributed by atoms with van der Waals surface area (Å²) in [5, 5.41) is 0. The minimum Gasteiger partial charge on any atom is -0.496 e. The van der Waals surface area contributed by atoms with Crippen LogP contribution in [0.2, 0.25) is 0 Å². The molecule has 1 aliphatic rings. The smallest absolute Gasteiger partial charge is 0.257 e. The Morgan fingerprint density at radius 1 is 1.45 bits per heavy atom. The molecule has 22 heavy (non-hydrogen) atoms. The van der Waals surface area contributed by atoms with E-state index < -0.39 is 0 Å². The van der Waals surface area contributed by atoms with Crippen molar-refractivity contribution in [2.24, 2.45) is 0 Å². The predicted molar refractivity (Wildman–Crippen MR) is 80.9 cm³/mol. The van der Waals surface area contributed by atoms with Crippen LogP contribution in [0.4, 0.5) is 0 Å². The van der Waals surface area contributed by atoms with Gasteiger partial charge in [-0.1, -0.05) is 12.1 Å². The zero-order chi connectivity index (χ0) is 15.5. The lowest BCUT2D eigenvalue weighted by Crippen LogP contribution is -2.42. The molecule has 0 spiro atoms. The van der Waals surface area contributed by atoms with Gasteiger partial charge in [0.2, 0.25) is 0 Å². The molecule has 0 aliphatic carbocycles. The molecule has 0 saturated carbocycles. The zero-order valence-electron chi connectivity index (χ0n) is 12.7. The maximum Gasteiger partial charge on any atom is 0.257 e. The van der Waals surface area contributed by atoms with Gasteiger partial charge in [-0.3, -0.25) is 4.79 Å². The average molecular weight is 301 g/mol. The number of benzene rings is 1. The van der Waals surface area contributed by atoms with Crippen LogP contribution in [-0.2, 0) is 4.74 Å². The van der Waals surface area contributed by atoms with Gasteiger partial charge in [-0.15, -0.1) is 0 Å². The van der Waals surface area contributed by atoms with E-state index >= 15 is 0 Å². The standard InChI is InChI=1S/C16H19N3O3/c1-11-9-17-15(18-11)14-10-19(7-8-22-14)16(20)12-5-3-4-6-13(12)21-2/h3-6,9,14H,7-8,10H2,1-2H3,(H,17,18)/t14-/m0/s1. The number of H-pyrrole nitrogens is 1. The Balaban J connectivity index is 1.78. The number of para-hydroxylation sites is 1. The number of imidazole rings is 1. The number of aryl methyl sites for hydroxylation is 1. The van der Waals surface area contributed by atoms with E-state index in [1.807, 2.05) is 19.1 Å². The van der Waals surface area contributed by atoms with Crippen molar-refractivity contribution in [2.75, 3.05) is 26.8 Å². The van der Waals surface area contributed by atoms with Crippen LogP contribution in [0.3, 0.4) is 0 Å². The number of morpholine rings is 1. The lowest BCUT2D eigenvalue weighted by Gasteiger charge is -2.32. The summed E-state index contributed by atoms with van der Waals surface area (Å²) in [6, 6.07) is 7.26. The highest BCUT2D eigenvalue weighted by Crippen LogP contribution is 2.24. The van der Waals surface area contributed by atoms with E-state index in [1.165, 1.54) is 0 Å². The van der Waals surface area contributed by atoms with Gasteiger partial charge in [0.1, 0.15) is 17.7 Å². The van der Waals surface area contributed by atoms with Gasteiger partial charge in [0, 0.05) is 18.4 Å². The van der Waals surface area contributed by atoms with Gasteiger partial charge in [-0.25, -0.2) is 4.98 Å². The number of nitrogens with zero attached hydrogens (tertiary/aromatic N) is 2. The van der Waals surface area contributed by atoms with Gasteiger partial charge in [-0.2, -0.15) is 0 Å². The summed E-state index contributed by atoms with van der Waals surface area (Å²) in [6.07, 6.45) is 1.54. The van der Waals surface area contributed by atoms with E-state index in [1.54, 1.807) is 30.3 Å². The number of carbonyl (C=O) groups excluding carboxylic acids is 1. The third kappa shape index (κ3) is 2.82. The van der Waals surface area contributed by atoms with Crippen molar-refractivity contribution in [3.63, 3.8) is 0 Å². The molecule has 3 rings (SSSR count). The van der Waals surface area contributed by atoms with Crippen molar-refractivity contribution in [3.05, 3.63) is 47.5 Å². The number of ether oxygens (including phenoxy) is 2. The number of rotatable bonds is 3. The Kier molecular flexibility index (Phi) is 4.11. The first kappa shape index (κ1) is 14.6. The maximum atomic E-state index is 12.7. The van der Waals surface area contributed by atoms with Crippen LogP contribution in [0, 0.1) is 6.92 Å². The Morgan fingerprint density at radius 3 is 3.00 bits per heavy atom. The van der Waals surface area contributed by atoms with E-state index in [-0.39, 0.29) is 12.0 Å². The molecule has 1 saturated heterocycles. The second-order valence-electron chi connectivity index (χ2n) is 5.26. The quantitative estimate of drug-likeness (QED) is 0.941. The molecule has 2 heterocycles. The molecule has 0 unspecified atom stereocenters. The third-order valence-electron chi connectivity index (χ3n) is 3.72. The summed E-state index contributed by atoms with van der Waals surface area (Å²) in [6.45, 7) is 3.47. The van der Waals surface area contributed by atoms with Crippen molar-refractivity contribution in [2.45, 2.75) is 13.0 Å². The molecular weight excluding hydrogens is 282 g/mol. The minimum atomic E-state index is -0.221. The molecule has 116 valence electrons. The highest BCUT2D eigenvalue weighted by Gasteiger charge is 2.28. The molecule has 0 radical (unpaired) electrons. The van der Waals surface area contributed by atoms with E-state index in [0.29, 0.717) is 31.0 Å². The number of methoxy groups -OCH3 is 1. The van der Waals surface area contributed by atoms with E-state index in [2.05, 4.69) is 9.97 Å². The molecule has 1 fully saturated rings. The third-order valence-corrected chi connectivity index (χ3v) is 3.72. The van der Waals surface area contributed by atoms with Crippen molar-refractivity contribution in [1.82, 2.24) is 14.9 Å². The van der Waals surface area contributed by atoms with Crippen LogP contribution in [0.1, 0.15) is 28.0 Å². The number of aromatic amines is 1. The fraction of sp³-hybridized carbons (Fsp3) is 0.375. The molecule has 1 aliphatic heterocycles. The molecule has 1 aromatic heterocycles. The van der Waals surface area contributed by atoms with Crippen LogP contribution in [0.15, 0.2) is 30.5 Å². The maximum absolute atomic E-state index is 12.7. The predicted octanol–water partition coefficient (Wildman–Crippen LogP) is 1.94. The Morgan fingerprint density at radius 2 is 2.27 bits per heavy atom. The fourth-order valence-electron chi connectivity index (χ4n) is 2.59. The van der Waals surface area contributed by atoms with Gasteiger partial charge in [0.05, 0.1) is 25.8 Å². The average Bonchev–Trinajstić information content (AvgIpc) is 3.01. The van der Waals surface area contributed by atoms with Crippen molar-refractivity contribution < 1.29 is 14.3 Å². The Bertz CT molecular complexity index is 668. The van der Waals surface area contributed by atoms with Gasteiger partial charge >= 0.3 is 0 Å². The highest BCUT2D eigenvalue weighted by molar-refractivity contribution is 5.97. The number of amides is 1. The topological polar surface area (TPSA) is 67.4 Å². The van der Waals surface area contributed by atoms with Gasteiger partial charge in [0.25, 0.3) is 5.91 Å². The number of hydrogen-bond acceptors (Lipinski definition) is 4. The summed E-state index contributed by atoms with van der Waals surface area (Å²) >= 11 is 0. The number of aromatic nitrogens is 2. The Labute approximate surface area is 129 Å². The molecule has 0 bridgehead atoms. The molecule has 1 N–H and O–H groups in total. The van der Waals surface area contributed by atoms with Gasteiger partial charge < -0.3 is 19.4 Å². The number of nitrogens with one attached hydrogen (secondary N) is 1. The normalized spacial score (nSPS) is 18.3. The van der Waals surface area contributed by atoms with Crippen molar-refractivity contribution >= 4 is 5.91 Å².